The molecule has 2 aromatic carbocycles. The molecule has 3 amide bonds. The van der Waals surface area contributed by atoms with E-state index in [-0.39, 0.29) is 36.4 Å². The predicted molar refractivity (Wildman–Crippen MR) is 147 cm³/mol. The van der Waals surface area contributed by atoms with E-state index in [0.717, 1.165) is 15.4 Å². The molecule has 10 heteroatoms. The van der Waals surface area contributed by atoms with Gasteiger partial charge in [-0.1, -0.05) is 47.1 Å². The molecule has 0 spiro atoms. The average Bonchev–Trinajstić information content (AvgIpc) is 3.20. The Bertz CT molecular complexity index is 1340. The number of aromatic nitrogens is 1. The van der Waals surface area contributed by atoms with E-state index >= 15 is 0 Å². The molecule has 1 fully saturated rings. The summed E-state index contributed by atoms with van der Waals surface area (Å²) in [5, 5.41) is 7.22. The van der Waals surface area contributed by atoms with Gasteiger partial charge in [-0.25, -0.2) is 0 Å². The summed E-state index contributed by atoms with van der Waals surface area (Å²) in [4.78, 5) is 39.1. The Morgan fingerprint density at radius 3 is 2.73 bits per heavy atom. The Labute approximate surface area is 228 Å². The lowest BCUT2D eigenvalue weighted by Crippen LogP contribution is -2.61. The van der Waals surface area contributed by atoms with Crippen molar-refractivity contribution in [3.8, 4) is 5.75 Å². The Balaban J connectivity index is 1.42. The van der Waals surface area contributed by atoms with E-state index in [2.05, 4.69) is 33.1 Å². The van der Waals surface area contributed by atoms with Crippen LogP contribution < -0.4 is 15.4 Å². The van der Waals surface area contributed by atoms with Gasteiger partial charge in [0.25, 0.3) is 5.91 Å². The topological polar surface area (TPSA) is 92.7 Å². The Morgan fingerprint density at radius 1 is 1.24 bits per heavy atom. The molecule has 0 aliphatic carbocycles. The highest BCUT2D eigenvalue weighted by atomic mass is 79.9. The minimum atomic E-state index is -0.257. The molecule has 37 heavy (non-hydrogen) atoms. The van der Waals surface area contributed by atoms with Crippen LogP contribution in [0.1, 0.15) is 23.7 Å². The Hall–Kier alpha value is -3.30. The van der Waals surface area contributed by atoms with E-state index in [0.29, 0.717) is 42.4 Å². The standard InChI is InChI=1S/C27H28BrClN4O4/c1-3-20(37-21-7-5-6-18(29)11-21)12-30-27(36)23-15-32(24-9-8-17(28)10-22(23)24)16-25(34)31-19-13-33(14-19)26(35)4-2/h4-11,15,19-20H,2-3,12-14,16H2,1H3,(H,30,36)(H,31,34). The number of nitrogens with one attached hydrogen (secondary N) is 2. The smallest absolute Gasteiger partial charge is 0.253 e. The molecular weight excluding hydrogens is 560 g/mol. The quantitative estimate of drug-likeness (QED) is 0.349. The van der Waals surface area contributed by atoms with Crippen molar-refractivity contribution in [1.82, 2.24) is 20.1 Å². The summed E-state index contributed by atoms with van der Waals surface area (Å²) in [6.45, 7) is 6.73. The molecule has 2 N–H and O–H groups in total. The van der Waals surface area contributed by atoms with Gasteiger partial charge in [0.2, 0.25) is 11.8 Å². The maximum Gasteiger partial charge on any atom is 0.253 e. The average molecular weight is 588 g/mol. The molecule has 0 bridgehead atoms. The molecular formula is C27H28BrClN4O4. The van der Waals surface area contributed by atoms with Crippen LogP contribution in [-0.4, -0.2) is 59.0 Å². The molecule has 194 valence electrons. The highest BCUT2D eigenvalue weighted by Gasteiger charge is 2.30. The lowest BCUT2D eigenvalue weighted by atomic mass is 10.1. The molecule has 1 aromatic heterocycles. The number of nitrogens with zero attached hydrogens (tertiary/aromatic N) is 2. The number of ether oxygens (including phenoxy) is 1. The van der Waals surface area contributed by atoms with Crippen molar-refractivity contribution in [2.24, 2.45) is 0 Å². The number of fused-ring (bicyclic) bond motifs is 1. The fourth-order valence-electron chi connectivity index (χ4n) is 4.19. The van der Waals surface area contributed by atoms with Crippen LogP contribution in [0.3, 0.4) is 0 Å². The monoisotopic (exact) mass is 586 g/mol. The molecule has 1 aliphatic heterocycles. The maximum absolute atomic E-state index is 13.2. The Kier molecular flexibility index (Phi) is 8.56. The summed E-state index contributed by atoms with van der Waals surface area (Å²) in [5.41, 5.74) is 1.23. The minimum Gasteiger partial charge on any atom is -0.489 e. The number of hydrogen-bond donors (Lipinski definition) is 2. The number of rotatable bonds is 10. The van der Waals surface area contributed by atoms with Crippen molar-refractivity contribution in [1.29, 1.82) is 0 Å². The summed E-state index contributed by atoms with van der Waals surface area (Å²) in [6, 6.07) is 12.7. The molecule has 1 aliphatic rings. The third-order valence-corrected chi connectivity index (χ3v) is 6.91. The molecule has 0 saturated carbocycles. The lowest BCUT2D eigenvalue weighted by molar-refractivity contribution is -0.133. The fourth-order valence-corrected chi connectivity index (χ4v) is 4.73. The summed E-state index contributed by atoms with van der Waals surface area (Å²) in [5.74, 6) is 0.0476. The first-order chi connectivity index (χ1) is 17.8. The SMILES string of the molecule is C=CC(=O)N1CC(NC(=O)Cn2cc(C(=O)NCC(CC)Oc3cccc(Cl)c3)c3cc(Br)ccc32)C1. The Morgan fingerprint density at radius 2 is 2.03 bits per heavy atom. The van der Waals surface area contributed by atoms with Crippen LogP contribution in [-0.2, 0) is 16.1 Å². The zero-order valence-electron chi connectivity index (χ0n) is 20.4. The van der Waals surface area contributed by atoms with Gasteiger partial charge in [0.15, 0.2) is 0 Å². The van der Waals surface area contributed by atoms with Gasteiger partial charge in [0, 0.05) is 39.7 Å². The van der Waals surface area contributed by atoms with Crippen LogP contribution in [0.2, 0.25) is 5.02 Å². The summed E-state index contributed by atoms with van der Waals surface area (Å²) >= 11 is 9.52. The van der Waals surface area contributed by atoms with Crippen molar-refractivity contribution >= 4 is 56.2 Å². The van der Waals surface area contributed by atoms with E-state index in [1.165, 1.54) is 6.08 Å². The number of halogens is 2. The molecule has 1 unspecified atom stereocenters. The fraction of sp³-hybridized carbons (Fsp3) is 0.296. The van der Waals surface area contributed by atoms with Crippen LogP contribution in [0.25, 0.3) is 10.9 Å². The van der Waals surface area contributed by atoms with Crippen molar-refractivity contribution in [2.45, 2.75) is 32.0 Å². The highest BCUT2D eigenvalue weighted by Crippen LogP contribution is 2.26. The van der Waals surface area contributed by atoms with Crippen LogP contribution in [0.5, 0.6) is 5.75 Å². The number of amides is 3. The van der Waals surface area contributed by atoms with Gasteiger partial charge in [0.05, 0.1) is 18.2 Å². The van der Waals surface area contributed by atoms with Gasteiger partial charge in [-0.3, -0.25) is 14.4 Å². The van der Waals surface area contributed by atoms with Crippen molar-refractivity contribution < 1.29 is 19.1 Å². The van der Waals surface area contributed by atoms with Gasteiger partial charge in [0.1, 0.15) is 18.4 Å². The summed E-state index contributed by atoms with van der Waals surface area (Å²) < 4.78 is 8.57. The zero-order chi connectivity index (χ0) is 26.5. The molecule has 1 atom stereocenters. The third kappa shape index (κ3) is 6.53. The number of carbonyl (C=O) groups is 3. The molecule has 1 saturated heterocycles. The molecule has 3 aromatic rings. The van der Waals surface area contributed by atoms with Gasteiger partial charge < -0.3 is 24.8 Å². The van der Waals surface area contributed by atoms with E-state index in [1.54, 1.807) is 27.8 Å². The third-order valence-electron chi connectivity index (χ3n) is 6.18. The zero-order valence-corrected chi connectivity index (χ0v) is 22.7. The van der Waals surface area contributed by atoms with Crippen molar-refractivity contribution in [3.05, 3.63) is 76.4 Å². The summed E-state index contributed by atoms with van der Waals surface area (Å²) in [6.07, 6.45) is 3.42. The maximum atomic E-state index is 13.2. The first-order valence-electron chi connectivity index (χ1n) is 12.0. The second-order valence-electron chi connectivity index (χ2n) is 8.86. The largest absolute Gasteiger partial charge is 0.489 e. The van der Waals surface area contributed by atoms with E-state index in [1.807, 2.05) is 37.3 Å². The number of hydrogen-bond acceptors (Lipinski definition) is 4. The first-order valence-corrected chi connectivity index (χ1v) is 13.1. The number of benzene rings is 2. The lowest BCUT2D eigenvalue weighted by Gasteiger charge is -2.38. The predicted octanol–water partition coefficient (Wildman–Crippen LogP) is 4.16. The van der Waals surface area contributed by atoms with Crippen LogP contribution in [0.4, 0.5) is 0 Å². The highest BCUT2D eigenvalue weighted by molar-refractivity contribution is 9.10. The first kappa shape index (κ1) is 26.8. The normalized spacial score (nSPS) is 14.1. The number of carbonyl (C=O) groups excluding carboxylic acids is 3. The van der Waals surface area contributed by atoms with Crippen LogP contribution in [0.15, 0.2) is 65.8 Å². The van der Waals surface area contributed by atoms with Gasteiger partial charge in [-0.05, 0) is 48.9 Å². The van der Waals surface area contributed by atoms with E-state index in [4.69, 9.17) is 16.3 Å². The van der Waals surface area contributed by atoms with Gasteiger partial charge in [-0.2, -0.15) is 0 Å². The van der Waals surface area contributed by atoms with Gasteiger partial charge in [-0.15, -0.1) is 0 Å². The molecule has 4 rings (SSSR count). The number of likely N-dealkylation sites (tertiary alicyclic amines) is 1. The minimum absolute atomic E-state index is 0.0484. The van der Waals surface area contributed by atoms with Crippen LogP contribution in [0, 0.1) is 0 Å². The van der Waals surface area contributed by atoms with Crippen molar-refractivity contribution in [3.63, 3.8) is 0 Å². The van der Waals surface area contributed by atoms with Gasteiger partial charge >= 0.3 is 0 Å². The van der Waals surface area contributed by atoms with E-state index in [9.17, 15) is 14.4 Å². The van der Waals surface area contributed by atoms with E-state index < -0.39 is 0 Å². The molecule has 2 heterocycles. The van der Waals surface area contributed by atoms with Crippen molar-refractivity contribution in [2.75, 3.05) is 19.6 Å². The molecule has 8 nitrogen and oxygen atoms in total. The second kappa shape index (κ2) is 11.8. The second-order valence-corrected chi connectivity index (χ2v) is 10.2. The van der Waals surface area contributed by atoms with Crippen LogP contribution >= 0.6 is 27.5 Å². The summed E-state index contributed by atoms with van der Waals surface area (Å²) in [7, 11) is 0. The molecule has 0 radical (unpaired) electrons.